The minimum atomic E-state index is -0.882. The molecule has 2 heterocycles. The van der Waals surface area contributed by atoms with Crippen LogP contribution in [0.1, 0.15) is 12.0 Å². The number of rotatable bonds is 7. The van der Waals surface area contributed by atoms with Gasteiger partial charge in [0.1, 0.15) is 5.82 Å². The first-order valence-corrected chi connectivity index (χ1v) is 9.08. The number of amides is 1. The van der Waals surface area contributed by atoms with Crippen molar-refractivity contribution in [1.29, 1.82) is 0 Å². The molecule has 1 aliphatic heterocycles. The minimum absolute atomic E-state index is 0. The number of methoxy groups -OCH3 is 1. The van der Waals surface area contributed by atoms with Crippen LogP contribution >= 0.6 is 12.4 Å². The van der Waals surface area contributed by atoms with Crippen molar-refractivity contribution in [1.82, 2.24) is 9.88 Å². The second-order valence-corrected chi connectivity index (χ2v) is 6.76. The van der Waals surface area contributed by atoms with E-state index in [0.29, 0.717) is 18.4 Å². The van der Waals surface area contributed by atoms with E-state index in [-0.39, 0.29) is 37.2 Å². The second-order valence-electron chi connectivity index (χ2n) is 6.76. The van der Waals surface area contributed by atoms with Crippen LogP contribution in [0.25, 0.3) is 10.9 Å². The number of hydrogen-bond donors (Lipinski definition) is 2. The van der Waals surface area contributed by atoms with Gasteiger partial charge in [-0.3, -0.25) is 4.79 Å². The van der Waals surface area contributed by atoms with Crippen LogP contribution in [0.2, 0.25) is 0 Å². The van der Waals surface area contributed by atoms with E-state index >= 15 is 0 Å². The van der Waals surface area contributed by atoms with Crippen LogP contribution in [0.4, 0.5) is 4.39 Å². The van der Waals surface area contributed by atoms with Gasteiger partial charge in [-0.15, -0.1) is 19.0 Å². The molecule has 2 aromatic rings. The van der Waals surface area contributed by atoms with Gasteiger partial charge >= 0.3 is 5.97 Å². The Hall–Kier alpha value is -2.42. The molecular weight excluding hydrogens is 401 g/mol. The van der Waals surface area contributed by atoms with Crippen molar-refractivity contribution in [2.24, 2.45) is 5.73 Å². The summed E-state index contributed by atoms with van der Waals surface area (Å²) >= 11 is 0. The molecule has 1 amide bonds. The van der Waals surface area contributed by atoms with Crippen LogP contribution in [0.15, 0.2) is 37.1 Å². The molecule has 0 saturated carbocycles. The van der Waals surface area contributed by atoms with Crippen molar-refractivity contribution in [2.45, 2.75) is 31.0 Å². The zero-order chi connectivity index (χ0) is 20.3. The lowest BCUT2D eigenvalue weighted by atomic mass is 10.0. The Bertz CT molecular complexity index is 888. The van der Waals surface area contributed by atoms with Gasteiger partial charge in [-0.05, 0) is 36.6 Å². The number of nitrogens with two attached hydrogens (primary N) is 1. The van der Waals surface area contributed by atoms with E-state index in [0.717, 1.165) is 11.1 Å². The number of carbonyl (C=O) groups is 2. The van der Waals surface area contributed by atoms with Crippen molar-refractivity contribution in [3.8, 4) is 0 Å². The van der Waals surface area contributed by atoms with Gasteiger partial charge in [0, 0.05) is 23.6 Å². The lowest BCUT2D eigenvalue weighted by molar-refractivity contribution is -0.155. The summed E-state index contributed by atoms with van der Waals surface area (Å²) in [5, 5.41) is 0.682. The first-order valence-electron chi connectivity index (χ1n) is 9.08. The Morgan fingerprint density at radius 1 is 1.48 bits per heavy atom. The first-order chi connectivity index (χ1) is 13.5. The van der Waals surface area contributed by atoms with E-state index in [1.54, 1.807) is 18.3 Å². The molecule has 29 heavy (non-hydrogen) atoms. The average Bonchev–Trinajstić information content (AvgIpc) is 3.29. The number of carbonyl (C=O) groups excluding carboxylic acids is 2. The van der Waals surface area contributed by atoms with Crippen LogP contribution < -0.4 is 5.73 Å². The van der Waals surface area contributed by atoms with E-state index in [4.69, 9.17) is 15.2 Å². The first kappa shape index (κ1) is 22.9. The summed E-state index contributed by atoms with van der Waals surface area (Å²) in [4.78, 5) is 29.7. The van der Waals surface area contributed by atoms with Crippen LogP contribution in [-0.2, 0) is 25.5 Å². The summed E-state index contributed by atoms with van der Waals surface area (Å²) in [5.74, 6) is -1.27. The number of aromatic nitrogens is 1. The number of halogens is 2. The summed E-state index contributed by atoms with van der Waals surface area (Å²) in [7, 11) is 1.27. The Morgan fingerprint density at radius 3 is 2.93 bits per heavy atom. The number of H-pyrrole nitrogens is 1. The number of benzene rings is 1. The predicted molar refractivity (Wildman–Crippen MR) is 109 cm³/mol. The number of ether oxygens (including phenoxy) is 2. The van der Waals surface area contributed by atoms with E-state index in [1.165, 1.54) is 24.1 Å². The molecule has 0 radical (unpaired) electrons. The number of hydrogen-bond acceptors (Lipinski definition) is 5. The van der Waals surface area contributed by atoms with Crippen LogP contribution in [0.3, 0.4) is 0 Å². The Kier molecular flexibility index (Phi) is 7.78. The molecule has 3 atom stereocenters. The van der Waals surface area contributed by atoms with Crippen LogP contribution in [0, 0.1) is 5.82 Å². The highest BCUT2D eigenvalue weighted by atomic mass is 35.5. The third kappa shape index (κ3) is 4.77. The SMILES string of the molecule is C=CCO[C@H]1CCN(C(=O)[C@@H](N)Cc2c[nH]c3ccc(F)cc23)[C@@H]1C(=O)OC.Cl. The van der Waals surface area contributed by atoms with Gasteiger partial charge in [0.15, 0.2) is 6.04 Å². The third-order valence-electron chi connectivity index (χ3n) is 4.98. The van der Waals surface area contributed by atoms with Crippen molar-refractivity contribution in [3.63, 3.8) is 0 Å². The smallest absolute Gasteiger partial charge is 0.331 e. The minimum Gasteiger partial charge on any atom is -0.467 e. The molecule has 7 nitrogen and oxygen atoms in total. The van der Waals surface area contributed by atoms with Gasteiger partial charge in [-0.25, -0.2) is 9.18 Å². The normalized spacial score (nSPS) is 19.6. The van der Waals surface area contributed by atoms with Gasteiger partial charge < -0.3 is 25.1 Å². The molecule has 3 rings (SSSR count). The molecule has 1 saturated heterocycles. The molecule has 1 aromatic heterocycles. The molecule has 9 heteroatoms. The molecule has 0 unspecified atom stereocenters. The molecule has 0 spiro atoms. The van der Waals surface area contributed by atoms with E-state index in [9.17, 15) is 14.0 Å². The monoisotopic (exact) mass is 425 g/mol. The highest BCUT2D eigenvalue weighted by Crippen LogP contribution is 2.25. The Morgan fingerprint density at radius 2 is 2.24 bits per heavy atom. The van der Waals surface area contributed by atoms with Gasteiger partial charge in [0.2, 0.25) is 5.91 Å². The van der Waals surface area contributed by atoms with E-state index < -0.39 is 24.2 Å². The zero-order valence-electron chi connectivity index (χ0n) is 16.1. The van der Waals surface area contributed by atoms with E-state index in [2.05, 4.69) is 11.6 Å². The van der Waals surface area contributed by atoms with Gasteiger partial charge in [-0.2, -0.15) is 0 Å². The maximum atomic E-state index is 13.6. The summed E-state index contributed by atoms with van der Waals surface area (Å²) in [6.45, 7) is 4.21. The average molecular weight is 426 g/mol. The number of esters is 1. The standard InChI is InChI=1S/C20H24FN3O4.ClH/c1-3-8-28-17-6-7-24(18(17)20(26)27-2)19(25)15(22)9-12-11-23-16-5-4-13(21)10-14(12)16;/h3-5,10-11,15,17-18,23H,1,6-9,22H2,2H3;1H/t15-,17-,18-;/m0./s1. The Balaban J connectivity index is 0.00000300. The highest BCUT2D eigenvalue weighted by molar-refractivity contribution is 5.90. The van der Waals surface area contributed by atoms with Crippen LogP contribution in [-0.4, -0.2) is 60.2 Å². The maximum Gasteiger partial charge on any atom is 0.331 e. The lowest BCUT2D eigenvalue weighted by Crippen LogP contribution is -2.52. The number of fused-ring (bicyclic) bond motifs is 1. The summed E-state index contributed by atoms with van der Waals surface area (Å²) in [6.07, 6.45) is 3.55. The Labute approximate surface area is 174 Å². The fraction of sp³-hybridized carbons (Fsp3) is 0.400. The largest absolute Gasteiger partial charge is 0.467 e. The predicted octanol–water partition coefficient (Wildman–Crippen LogP) is 1.94. The quantitative estimate of drug-likeness (QED) is 0.522. The van der Waals surface area contributed by atoms with Crippen molar-refractivity contribution >= 4 is 35.2 Å². The zero-order valence-corrected chi connectivity index (χ0v) is 16.9. The number of likely N-dealkylation sites (tertiary alicyclic amines) is 1. The molecule has 1 aromatic carbocycles. The summed E-state index contributed by atoms with van der Waals surface area (Å²) < 4.78 is 24.0. The van der Waals surface area contributed by atoms with Gasteiger partial charge in [0.25, 0.3) is 0 Å². The molecule has 158 valence electrons. The van der Waals surface area contributed by atoms with Gasteiger partial charge in [0.05, 0.1) is 25.9 Å². The summed E-state index contributed by atoms with van der Waals surface area (Å²) in [5.41, 5.74) is 7.66. The lowest BCUT2D eigenvalue weighted by Gasteiger charge is -2.28. The molecule has 1 fully saturated rings. The number of nitrogens with one attached hydrogen (secondary N) is 1. The molecule has 0 bridgehead atoms. The second kappa shape index (κ2) is 9.87. The highest BCUT2D eigenvalue weighted by Gasteiger charge is 2.44. The number of aromatic amines is 1. The van der Waals surface area contributed by atoms with E-state index in [1.807, 2.05) is 0 Å². The molecular formula is C20H25ClFN3O4. The van der Waals surface area contributed by atoms with Gasteiger partial charge in [-0.1, -0.05) is 6.08 Å². The van der Waals surface area contributed by atoms with Crippen molar-refractivity contribution < 1.29 is 23.5 Å². The van der Waals surface area contributed by atoms with Crippen molar-refractivity contribution in [3.05, 3.63) is 48.4 Å². The van der Waals surface area contributed by atoms with Crippen LogP contribution in [0.5, 0.6) is 0 Å². The molecule has 3 N–H and O–H groups in total. The maximum absolute atomic E-state index is 13.6. The summed E-state index contributed by atoms with van der Waals surface area (Å²) in [6, 6.07) is 2.68. The topological polar surface area (TPSA) is 97.6 Å². The van der Waals surface area contributed by atoms with Crippen molar-refractivity contribution in [2.75, 3.05) is 20.3 Å². The molecule has 0 aliphatic carbocycles. The third-order valence-corrected chi connectivity index (χ3v) is 4.98. The number of nitrogens with zero attached hydrogens (tertiary/aromatic N) is 1. The fourth-order valence-corrected chi connectivity index (χ4v) is 3.63. The fourth-order valence-electron chi connectivity index (χ4n) is 3.63. The molecule has 1 aliphatic rings.